The molecule has 0 aromatic heterocycles. The Labute approximate surface area is 102 Å². The molecule has 0 heterocycles. The van der Waals surface area contributed by atoms with Gasteiger partial charge in [-0.15, -0.1) is 0 Å². The lowest BCUT2D eigenvalue weighted by molar-refractivity contribution is 0.179. The van der Waals surface area contributed by atoms with Crippen LogP contribution in [0.1, 0.15) is 60.8 Å². The number of hydrogen-bond donors (Lipinski definition) is 1. The van der Waals surface area contributed by atoms with Gasteiger partial charge >= 0.3 is 0 Å². The molecule has 16 heavy (non-hydrogen) atoms. The highest BCUT2D eigenvalue weighted by Crippen LogP contribution is 2.30. The first-order valence-electron chi connectivity index (χ1n) is 7.06. The Morgan fingerprint density at radius 3 is 2.31 bits per heavy atom. The van der Waals surface area contributed by atoms with E-state index in [9.17, 15) is 0 Å². The maximum absolute atomic E-state index is 3.81. The highest BCUT2D eigenvalue weighted by Gasteiger charge is 2.28. The van der Waals surface area contributed by atoms with Crippen LogP contribution in [0.25, 0.3) is 0 Å². The van der Waals surface area contributed by atoms with Gasteiger partial charge in [-0.2, -0.15) is 0 Å². The molecule has 1 heteroatoms. The van der Waals surface area contributed by atoms with Gasteiger partial charge in [0.25, 0.3) is 0 Å². The van der Waals surface area contributed by atoms with E-state index in [-0.39, 0.29) is 0 Å². The highest BCUT2D eigenvalue weighted by atomic mass is 14.9. The van der Waals surface area contributed by atoms with Crippen molar-refractivity contribution in [2.45, 2.75) is 66.8 Å². The van der Waals surface area contributed by atoms with Crippen molar-refractivity contribution in [3.05, 3.63) is 0 Å². The van der Waals surface area contributed by atoms with Crippen molar-refractivity contribution >= 4 is 0 Å². The Morgan fingerprint density at radius 1 is 1.19 bits per heavy atom. The average molecular weight is 225 g/mol. The predicted molar refractivity (Wildman–Crippen MR) is 72.6 cm³/mol. The summed E-state index contributed by atoms with van der Waals surface area (Å²) in [6.45, 7) is 15.4. The molecule has 0 bridgehead atoms. The number of nitrogens with one attached hydrogen (secondary N) is 1. The first-order valence-corrected chi connectivity index (χ1v) is 7.06. The summed E-state index contributed by atoms with van der Waals surface area (Å²) in [5.41, 5.74) is 0.419. The van der Waals surface area contributed by atoms with Crippen LogP contribution in [0, 0.1) is 23.2 Å². The third-order valence-corrected chi connectivity index (χ3v) is 4.81. The van der Waals surface area contributed by atoms with Crippen molar-refractivity contribution in [3.8, 4) is 0 Å². The first kappa shape index (κ1) is 14.0. The van der Waals surface area contributed by atoms with Crippen molar-refractivity contribution in [2.24, 2.45) is 23.2 Å². The Morgan fingerprint density at radius 2 is 1.81 bits per heavy atom. The van der Waals surface area contributed by atoms with Gasteiger partial charge in [0.2, 0.25) is 0 Å². The fourth-order valence-electron chi connectivity index (χ4n) is 2.57. The second-order valence-electron chi connectivity index (χ2n) is 7.03. The molecule has 1 nitrogen and oxygen atoms in total. The quantitative estimate of drug-likeness (QED) is 0.760. The van der Waals surface area contributed by atoms with Gasteiger partial charge in [0.05, 0.1) is 0 Å². The van der Waals surface area contributed by atoms with Gasteiger partial charge in [-0.05, 0) is 42.4 Å². The van der Waals surface area contributed by atoms with Crippen LogP contribution in [0.5, 0.6) is 0 Å². The average Bonchev–Trinajstić information content (AvgIpc) is 2.16. The van der Waals surface area contributed by atoms with Crippen LogP contribution in [-0.4, -0.2) is 12.6 Å². The zero-order valence-electron chi connectivity index (χ0n) is 12.1. The van der Waals surface area contributed by atoms with Crippen LogP contribution in [0.15, 0.2) is 0 Å². The van der Waals surface area contributed by atoms with Crippen LogP contribution in [0.4, 0.5) is 0 Å². The molecule has 1 N–H and O–H groups in total. The molecule has 3 unspecified atom stereocenters. The minimum atomic E-state index is 0.419. The van der Waals surface area contributed by atoms with Gasteiger partial charge in [-0.25, -0.2) is 0 Å². The van der Waals surface area contributed by atoms with Crippen LogP contribution in [0.2, 0.25) is 0 Å². The molecular weight excluding hydrogens is 194 g/mol. The summed E-state index contributed by atoms with van der Waals surface area (Å²) in [4.78, 5) is 0. The summed E-state index contributed by atoms with van der Waals surface area (Å²) in [6.07, 6.45) is 4.18. The monoisotopic (exact) mass is 225 g/mol. The lowest BCUT2D eigenvalue weighted by atomic mass is 9.77. The van der Waals surface area contributed by atoms with E-state index in [2.05, 4.69) is 46.9 Å². The van der Waals surface area contributed by atoms with Gasteiger partial charge in [-0.1, -0.05) is 41.5 Å². The fraction of sp³-hybridized carbons (Fsp3) is 1.00. The fourth-order valence-corrected chi connectivity index (χ4v) is 2.57. The van der Waals surface area contributed by atoms with Gasteiger partial charge in [0.1, 0.15) is 0 Å². The molecule has 0 aromatic rings. The van der Waals surface area contributed by atoms with E-state index >= 15 is 0 Å². The lowest BCUT2D eigenvalue weighted by Gasteiger charge is -2.37. The molecule has 0 aliphatic heterocycles. The summed E-state index contributed by atoms with van der Waals surface area (Å²) < 4.78 is 0. The Balaban J connectivity index is 2.38. The van der Waals surface area contributed by atoms with Crippen LogP contribution in [-0.2, 0) is 0 Å². The van der Waals surface area contributed by atoms with Crippen molar-refractivity contribution in [3.63, 3.8) is 0 Å². The van der Waals surface area contributed by atoms with E-state index in [0.717, 1.165) is 30.3 Å². The zero-order valence-corrected chi connectivity index (χ0v) is 12.1. The first-order chi connectivity index (χ1) is 7.33. The molecule has 0 aromatic carbocycles. The molecule has 1 fully saturated rings. The highest BCUT2D eigenvalue weighted by molar-refractivity contribution is 4.84. The van der Waals surface area contributed by atoms with E-state index in [4.69, 9.17) is 0 Å². The molecule has 0 spiro atoms. The minimum Gasteiger partial charge on any atom is -0.313 e. The summed E-state index contributed by atoms with van der Waals surface area (Å²) in [7, 11) is 0. The SMILES string of the molecule is CC1CCC(NCC(C)(C)C(C)C)C(C)C1. The molecule has 3 atom stereocenters. The topological polar surface area (TPSA) is 12.0 Å². The molecule has 0 radical (unpaired) electrons. The van der Waals surface area contributed by atoms with Crippen molar-refractivity contribution in [1.82, 2.24) is 5.32 Å². The van der Waals surface area contributed by atoms with Crippen LogP contribution >= 0.6 is 0 Å². The Kier molecular flexibility index (Phi) is 4.85. The Hall–Kier alpha value is -0.0400. The van der Waals surface area contributed by atoms with Crippen molar-refractivity contribution in [2.75, 3.05) is 6.54 Å². The van der Waals surface area contributed by atoms with E-state index in [1.807, 2.05) is 0 Å². The largest absolute Gasteiger partial charge is 0.313 e. The minimum absolute atomic E-state index is 0.419. The predicted octanol–water partition coefficient (Wildman–Crippen LogP) is 4.08. The van der Waals surface area contributed by atoms with Crippen LogP contribution < -0.4 is 5.32 Å². The van der Waals surface area contributed by atoms with E-state index in [1.165, 1.54) is 19.3 Å². The third-order valence-electron chi connectivity index (χ3n) is 4.81. The van der Waals surface area contributed by atoms with Gasteiger partial charge in [0.15, 0.2) is 0 Å². The second-order valence-corrected chi connectivity index (χ2v) is 7.03. The molecule has 1 saturated carbocycles. The molecule has 96 valence electrons. The van der Waals surface area contributed by atoms with Gasteiger partial charge in [0, 0.05) is 12.6 Å². The number of hydrogen-bond acceptors (Lipinski definition) is 1. The maximum atomic E-state index is 3.81. The summed E-state index contributed by atoms with van der Waals surface area (Å²) in [5.74, 6) is 2.54. The smallest absolute Gasteiger partial charge is 0.00931 e. The summed E-state index contributed by atoms with van der Waals surface area (Å²) >= 11 is 0. The standard InChI is InChI=1S/C15H31N/c1-11(2)15(5,6)10-16-14-8-7-12(3)9-13(14)4/h11-14,16H,7-10H2,1-6H3. The molecular formula is C15H31N. The van der Waals surface area contributed by atoms with Crippen molar-refractivity contribution in [1.29, 1.82) is 0 Å². The van der Waals surface area contributed by atoms with Crippen molar-refractivity contribution < 1.29 is 0 Å². The second kappa shape index (κ2) is 5.53. The normalized spacial score (nSPS) is 32.1. The molecule has 1 aliphatic carbocycles. The van der Waals surface area contributed by atoms with Gasteiger partial charge in [-0.3, -0.25) is 0 Å². The number of rotatable bonds is 4. The third kappa shape index (κ3) is 3.76. The lowest BCUT2D eigenvalue weighted by Crippen LogP contribution is -2.44. The Bertz CT molecular complexity index is 207. The molecule has 0 saturated heterocycles. The summed E-state index contributed by atoms with van der Waals surface area (Å²) in [5, 5.41) is 3.81. The maximum Gasteiger partial charge on any atom is 0.00931 e. The summed E-state index contributed by atoms with van der Waals surface area (Å²) in [6, 6.07) is 0.759. The van der Waals surface area contributed by atoms with Crippen LogP contribution in [0.3, 0.4) is 0 Å². The van der Waals surface area contributed by atoms with E-state index < -0.39 is 0 Å². The molecule has 1 rings (SSSR count). The molecule has 0 amide bonds. The van der Waals surface area contributed by atoms with Gasteiger partial charge < -0.3 is 5.32 Å². The zero-order chi connectivity index (χ0) is 12.3. The van der Waals surface area contributed by atoms with E-state index in [0.29, 0.717) is 5.41 Å². The molecule has 1 aliphatic rings. The van der Waals surface area contributed by atoms with E-state index in [1.54, 1.807) is 0 Å².